The molecular formula is C23H24N4O5. The Kier molecular flexibility index (Phi) is 5.48. The van der Waals surface area contributed by atoms with Crippen molar-refractivity contribution in [3.63, 3.8) is 0 Å². The van der Waals surface area contributed by atoms with E-state index < -0.39 is 17.1 Å². The van der Waals surface area contributed by atoms with E-state index >= 15 is 0 Å². The number of benzene rings is 2. The number of hydrazone groups is 1. The number of hydrogen-bond donors (Lipinski definition) is 3. The quantitative estimate of drug-likeness (QED) is 0.565. The van der Waals surface area contributed by atoms with Crippen molar-refractivity contribution in [3.05, 3.63) is 79.5 Å². The van der Waals surface area contributed by atoms with Crippen LogP contribution in [0.25, 0.3) is 5.69 Å². The first-order chi connectivity index (χ1) is 15.3. The number of aromatic nitrogens is 2. The van der Waals surface area contributed by atoms with Crippen molar-refractivity contribution in [2.75, 3.05) is 14.2 Å². The van der Waals surface area contributed by atoms with Gasteiger partial charge >= 0.3 is 5.69 Å². The molecule has 0 amide bonds. The van der Waals surface area contributed by atoms with E-state index in [4.69, 9.17) is 9.47 Å². The molecule has 0 radical (unpaired) electrons. The van der Waals surface area contributed by atoms with Crippen molar-refractivity contribution in [1.82, 2.24) is 15.0 Å². The summed E-state index contributed by atoms with van der Waals surface area (Å²) < 4.78 is 11.8. The number of aryl methyl sites for hydroxylation is 2. The van der Waals surface area contributed by atoms with Crippen LogP contribution in [0.15, 0.2) is 51.1 Å². The minimum atomic E-state index is -0.723. The summed E-state index contributed by atoms with van der Waals surface area (Å²) in [6, 6.07) is 10.6. The van der Waals surface area contributed by atoms with Crippen molar-refractivity contribution >= 4 is 5.71 Å². The highest BCUT2D eigenvalue weighted by Gasteiger charge is 2.29. The lowest BCUT2D eigenvalue weighted by Gasteiger charge is -2.16. The van der Waals surface area contributed by atoms with Gasteiger partial charge < -0.3 is 20.0 Å². The minimum Gasteiger partial charge on any atom is -0.497 e. The predicted octanol–water partition coefficient (Wildman–Crippen LogP) is 2.30. The van der Waals surface area contributed by atoms with Crippen LogP contribution in [0.5, 0.6) is 17.4 Å². The smallest absolute Gasteiger partial charge is 0.335 e. The van der Waals surface area contributed by atoms with E-state index in [9.17, 15) is 14.7 Å². The molecule has 3 N–H and O–H groups in total. The van der Waals surface area contributed by atoms with E-state index in [1.165, 1.54) is 0 Å². The molecule has 0 spiro atoms. The molecular weight excluding hydrogens is 412 g/mol. The highest BCUT2D eigenvalue weighted by molar-refractivity contribution is 6.03. The molecule has 1 aromatic heterocycles. The lowest BCUT2D eigenvalue weighted by atomic mass is 9.99. The van der Waals surface area contributed by atoms with Crippen LogP contribution in [0.3, 0.4) is 0 Å². The number of aromatic hydroxyl groups is 1. The van der Waals surface area contributed by atoms with Gasteiger partial charge in [0.05, 0.1) is 31.7 Å². The van der Waals surface area contributed by atoms with Gasteiger partial charge in [0, 0.05) is 12.0 Å². The lowest BCUT2D eigenvalue weighted by Crippen LogP contribution is -2.33. The molecule has 2 heterocycles. The maximum absolute atomic E-state index is 12.6. The zero-order valence-corrected chi connectivity index (χ0v) is 18.2. The van der Waals surface area contributed by atoms with Gasteiger partial charge in [-0.2, -0.15) is 5.10 Å². The average molecular weight is 436 g/mol. The molecule has 0 aliphatic carbocycles. The third kappa shape index (κ3) is 3.73. The Balaban J connectivity index is 1.76. The Morgan fingerprint density at radius 3 is 2.44 bits per heavy atom. The van der Waals surface area contributed by atoms with Crippen LogP contribution in [-0.2, 0) is 0 Å². The number of nitrogens with one attached hydrogen (secondary N) is 2. The Morgan fingerprint density at radius 2 is 1.78 bits per heavy atom. The number of rotatable bonds is 5. The fourth-order valence-corrected chi connectivity index (χ4v) is 3.99. The summed E-state index contributed by atoms with van der Waals surface area (Å²) in [5.74, 6) is 0.834. The van der Waals surface area contributed by atoms with E-state index in [2.05, 4.69) is 15.5 Å². The molecule has 0 bridgehead atoms. The summed E-state index contributed by atoms with van der Waals surface area (Å²) >= 11 is 0. The number of H-pyrrole nitrogens is 1. The number of nitrogens with zero attached hydrogens (tertiary/aromatic N) is 2. The zero-order chi connectivity index (χ0) is 23.0. The standard InChI is InChI=1S/C23H24N4O5/c1-12-7-13(2)9-14(8-12)27-22(29)20(21(28)24-23(27)30)18-11-17(25-26-18)16-10-15(31-3)5-6-19(16)32-4/h5-10,17,25,29H,11H2,1-4H3,(H,24,28,30). The maximum atomic E-state index is 12.6. The molecule has 0 saturated heterocycles. The van der Waals surface area contributed by atoms with Crippen molar-refractivity contribution in [1.29, 1.82) is 0 Å². The van der Waals surface area contributed by atoms with E-state index in [1.807, 2.05) is 26.0 Å². The number of hydrogen-bond acceptors (Lipinski definition) is 7. The van der Waals surface area contributed by atoms with Gasteiger partial charge in [0.1, 0.15) is 17.1 Å². The second-order valence-corrected chi connectivity index (χ2v) is 7.69. The van der Waals surface area contributed by atoms with Crippen LogP contribution in [-0.4, -0.2) is 34.6 Å². The summed E-state index contributed by atoms with van der Waals surface area (Å²) in [5.41, 5.74) is 4.94. The van der Waals surface area contributed by atoms with Crippen LogP contribution in [0, 0.1) is 13.8 Å². The van der Waals surface area contributed by atoms with Gasteiger partial charge in [0.25, 0.3) is 5.56 Å². The van der Waals surface area contributed by atoms with Crippen LogP contribution in [0.4, 0.5) is 0 Å². The molecule has 1 atom stereocenters. The largest absolute Gasteiger partial charge is 0.497 e. The molecule has 3 aromatic rings. The molecule has 166 valence electrons. The van der Waals surface area contributed by atoms with E-state index in [1.54, 1.807) is 38.5 Å². The first-order valence-electron chi connectivity index (χ1n) is 10.0. The highest BCUT2D eigenvalue weighted by atomic mass is 16.5. The van der Waals surface area contributed by atoms with E-state index in [0.29, 0.717) is 29.3 Å². The monoisotopic (exact) mass is 436 g/mol. The van der Waals surface area contributed by atoms with Gasteiger partial charge in [-0.05, 0) is 55.3 Å². The van der Waals surface area contributed by atoms with Crippen molar-refractivity contribution < 1.29 is 14.6 Å². The van der Waals surface area contributed by atoms with Crippen LogP contribution >= 0.6 is 0 Å². The van der Waals surface area contributed by atoms with Crippen molar-refractivity contribution in [3.8, 4) is 23.1 Å². The van der Waals surface area contributed by atoms with Gasteiger partial charge in [0.2, 0.25) is 5.88 Å². The van der Waals surface area contributed by atoms with Gasteiger partial charge in [-0.25, -0.2) is 9.36 Å². The van der Waals surface area contributed by atoms with E-state index in [0.717, 1.165) is 21.3 Å². The Labute approximate surface area is 184 Å². The second kappa shape index (κ2) is 8.26. The zero-order valence-electron chi connectivity index (χ0n) is 18.2. The lowest BCUT2D eigenvalue weighted by molar-refractivity contribution is 0.392. The van der Waals surface area contributed by atoms with Crippen molar-refractivity contribution in [2.45, 2.75) is 26.3 Å². The molecule has 1 aliphatic rings. The Bertz CT molecular complexity index is 1320. The Morgan fingerprint density at radius 1 is 1.06 bits per heavy atom. The fraction of sp³-hybridized carbons (Fsp3) is 0.261. The van der Waals surface area contributed by atoms with E-state index in [-0.39, 0.29) is 11.6 Å². The Hall–Kier alpha value is -4.01. The molecule has 32 heavy (non-hydrogen) atoms. The summed E-state index contributed by atoms with van der Waals surface area (Å²) in [6.07, 6.45) is 0.297. The average Bonchev–Trinajstić information content (AvgIpc) is 3.21. The third-order valence-electron chi connectivity index (χ3n) is 5.40. The molecule has 9 heteroatoms. The summed E-state index contributed by atoms with van der Waals surface area (Å²) in [6.45, 7) is 3.78. The first-order valence-corrected chi connectivity index (χ1v) is 10.0. The number of aromatic amines is 1. The predicted molar refractivity (Wildman–Crippen MR) is 120 cm³/mol. The van der Waals surface area contributed by atoms with Gasteiger partial charge in [-0.1, -0.05) is 6.07 Å². The fourth-order valence-electron chi connectivity index (χ4n) is 3.99. The molecule has 0 saturated carbocycles. The SMILES string of the molecule is COc1ccc(OC)c(C2CC(c3c(O)n(-c4cc(C)cc(C)c4)c(=O)[nH]c3=O)=NN2)c1. The highest BCUT2D eigenvalue weighted by Crippen LogP contribution is 2.34. The maximum Gasteiger partial charge on any atom is 0.335 e. The number of methoxy groups -OCH3 is 2. The van der Waals surface area contributed by atoms with Crippen molar-refractivity contribution in [2.24, 2.45) is 5.10 Å². The van der Waals surface area contributed by atoms with Crippen LogP contribution < -0.4 is 26.1 Å². The topological polar surface area (TPSA) is 118 Å². The normalized spacial score (nSPS) is 15.2. The summed E-state index contributed by atoms with van der Waals surface area (Å²) in [5, 5.41) is 15.3. The molecule has 4 rings (SSSR count). The summed E-state index contributed by atoms with van der Waals surface area (Å²) in [7, 11) is 3.14. The van der Waals surface area contributed by atoms with Gasteiger partial charge in [-0.15, -0.1) is 0 Å². The third-order valence-corrected chi connectivity index (χ3v) is 5.40. The second-order valence-electron chi connectivity index (χ2n) is 7.69. The van der Waals surface area contributed by atoms with Gasteiger partial charge in [0.15, 0.2) is 0 Å². The molecule has 0 fully saturated rings. The van der Waals surface area contributed by atoms with Gasteiger partial charge in [-0.3, -0.25) is 9.78 Å². The molecule has 9 nitrogen and oxygen atoms in total. The molecule has 1 aliphatic heterocycles. The molecule has 2 aromatic carbocycles. The number of ether oxygens (including phenoxy) is 2. The summed E-state index contributed by atoms with van der Waals surface area (Å²) in [4.78, 5) is 27.5. The van der Waals surface area contributed by atoms with Crippen LogP contribution in [0.2, 0.25) is 0 Å². The first kappa shape index (κ1) is 21.2. The molecule has 1 unspecified atom stereocenters. The minimum absolute atomic E-state index is 0.0550. The van der Waals surface area contributed by atoms with Crippen LogP contribution in [0.1, 0.15) is 34.7 Å².